The van der Waals surface area contributed by atoms with E-state index in [1.165, 1.54) is 0 Å². The van der Waals surface area contributed by atoms with Crippen LogP contribution < -0.4 is 0 Å². The fraction of sp³-hybridized carbons (Fsp3) is 0. The Morgan fingerprint density at radius 2 is 0.750 bits per heavy atom. The SMILES string of the molecule is [O]=[Gd].[O]=[Gd]. The second kappa shape index (κ2) is 18.7. The summed E-state index contributed by atoms with van der Waals surface area (Å²) in [6, 6.07) is 0. The maximum absolute atomic E-state index is 8.28. The molecule has 0 N–H and O–H groups in total. The molecule has 0 aliphatic carbocycles. The van der Waals surface area contributed by atoms with E-state index in [-0.39, 0.29) is 0 Å². The average molecular weight is 346 g/mol. The van der Waals surface area contributed by atoms with Crippen LogP contribution in [0.25, 0.3) is 0 Å². The van der Waals surface area contributed by atoms with Crippen LogP contribution in [0.2, 0.25) is 0 Å². The third kappa shape index (κ3) is 8.87. The van der Waals surface area contributed by atoms with Gasteiger partial charge in [0.1, 0.15) is 0 Å². The molecule has 0 bridgehead atoms. The van der Waals surface area contributed by atoms with Gasteiger partial charge in [0, 0.05) is 0 Å². The fourth-order valence-electron chi connectivity index (χ4n) is 0. The van der Waals surface area contributed by atoms with Gasteiger partial charge in [0.25, 0.3) is 0 Å². The molecular formula is Gd2O2. The van der Waals surface area contributed by atoms with Crippen molar-refractivity contribution in [3.05, 3.63) is 0 Å². The Labute approximate surface area is 76.2 Å². The molecule has 0 saturated heterocycles. The predicted molar refractivity (Wildman–Crippen MR) is 1.37 cm³/mol. The van der Waals surface area contributed by atoms with E-state index in [4.69, 9.17) is 2.32 Å². The van der Waals surface area contributed by atoms with Gasteiger partial charge in [-0.3, -0.25) is 0 Å². The molecule has 0 radical (unpaired) electrons. The normalized spacial score (nSPS) is 2.50. The number of hydrogen-bond acceptors (Lipinski definition) is 2. The monoisotopic (exact) mass is 348 g/mol. The molecule has 0 unspecified atom stereocenters. The van der Waals surface area contributed by atoms with Gasteiger partial charge in [-0.1, -0.05) is 0 Å². The Morgan fingerprint density at radius 1 is 0.750 bits per heavy atom. The molecule has 4 heavy (non-hydrogen) atoms. The van der Waals surface area contributed by atoms with Crippen LogP contribution in [0, 0.1) is 76.0 Å². The first-order valence-electron chi connectivity index (χ1n) is 0.289. The molecule has 0 atom stereocenters. The van der Waals surface area contributed by atoms with Crippen LogP contribution in [0.1, 0.15) is 0 Å². The zero-order valence-corrected chi connectivity index (χ0v) is 6.06. The van der Waals surface area contributed by atoms with Crippen molar-refractivity contribution in [2.75, 3.05) is 0 Å². The molecule has 0 aliphatic rings. The maximum atomic E-state index is 8.28. The van der Waals surface area contributed by atoms with Gasteiger partial charge in [0.2, 0.25) is 0 Å². The molecule has 0 heterocycles. The minimum atomic E-state index is 0.611. The van der Waals surface area contributed by atoms with Crippen LogP contribution in [-0.2, 0) is 2.32 Å². The summed E-state index contributed by atoms with van der Waals surface area (Å²) in [6.45, 7) is 0. The van der Waals surface area contributed by atoms with Crippen molar-refractivity contribution in [2.24, 2.45) is 0 Å². The predicted octanol–water partition coefficient (Wildman–Crippen LogP) is -0.238. The number of hydrogen-bond donors (Lipinski definition) is 0. The first-order chi connectivity index (χ1) is 2.00. The van der Waals surface area contributed by atoms with Crippen molar-refractivity contribution in [3.63, 3.8) is 0 Å². The first kappa shape index (κ1) is 9.54. The molecule has 0 rings (SSSR count). The van der Waals surface area contributed by atoms with E-state index < -0.39 is 0 Å². The van der Waals surface area contributed by atoms with Crippen molar-refractivity contribution in [1.29, 1.82) is 0 Å². The topological polar surface area (TPSA) is 34.1 Å². The van der Waals surface area contributed by atoms with Gasteiger partial charge in [-0.25, -0.2) is 0 Å². The van der Waals surface area contributed by atoms with Crippen molar-refractivity contribution < 1.29 is 78.4 Å². The molecule has 0 aromatic heterocycles. The van der Waals surface area contributed by atoms with E-state index >= 15 is 0 Å². The summed E-state index contributed by atoms with van der Waals surface area (Å²) in [6.07, 6.45) is 0. The van der Waals surface area contributed by atoms with E-state index in [0.717, 1.165) is 0 Å². The van der Waals surface area contributed by atoms with E-state index in [1.807, 2.05) is 0 Å². The molecule has 0 spiro atoms. The van der Waals surface area contributed by atoms with Gasteiger partial charge >= 0.3 is 78.4 Å². The summed E-state index contributed by atoms with van der Waals surface area (Å²) in [4.78, 5) is 0. The zero-order valence-electron chi connectivity index (χ0n) is 1.52. The molecule has 28 valence electrons. The van der Waals surface area contributed by atoms with Gasteiger partial charge in [-0.05, 0) is 0 Å². The molecule has 0 aromatic carbocycles. The Bertz CT molecular complexity index is 6.00. The van der Waals surface area contributed by atoms with Crippen molar-refractivity contribution in [3.8, 4) is 0 Å². The van der Waals surface area contributed by atoms with E-state index in [9.17, 15) is 0 Å². The molecule has 0 aromatic rings. The Hall–Kier alpha value is 2.25. The van der Waals surface area contributed by atoms with Crippen molar-refractivity contribution >= 4 is 0 Å². The second-order valence-electron chi connectivity index (χ2n) is 0. The average Bonchev–Trinajstić information content (AvgIpc) is 1.50. The summed E-state index contributed by atoms with van der Waals surface area (Å²) >= 11 is 1.22. The summed E-state index contributed by atoms with van der Waals surface area (Å²) in [5.41, 5.74) is 0. The number of rotatable bonds is 0. The molecule has 0 amide bonds. The molecule has 0 saturated carbocycles. The zero-order chi connectivity index (χ0) is 4.00. The first-order valence-corrected chi connectivity index (χ1v) is 2.14. The van der Waals surface area contributed by atoms with Crippen LogP contribution in [0.15, 0.2) is 0 Å². The van der Waals surface area contributed by atoms with Gasteiger partial charge in [0.05, 0.1) is 0 Å². The van der Waals surface area contributed by atoms with Gasteiger partial charge < -0.3 is 0 Å². The van der Waals surface area contributed by atoms with E-state index in [2.05, 4.69) is 0 Å². The minimum absolute atomic E-state index is 0.611. The Morgan fingerprint density at radius 3 is 0.750 bits per heavy atom. The van der Waals surface area contributed by atoms with E-state index in [1.54, 1.807) is 0 Å². The van der Waals surface area contributed by atoms with Crippen LogP contribution in [0.4, 0.5) is 0 Å². The van der Waals surface area contributed by atoms with Crippen molar-refractivity contribution in [2.45, 2.75) is 0 Å². The molecule has 0 aliphatic heterocycles. The molecule has 0 fully saturated rings. The summed E-state index contributed by atoms with van der Waals surface area (Å²) in [5, 5.41) is 0. The van der Waals surface area contributed by atoms with Crippen LogP contribution >= 0.6 is 0 Å². The van der Waals surface area contributed by atoms with Crippen molar-refractivity contribution in [1.82, 2.24) is 0 Å². The Kier molecular flexibility index (Phi) is 44.7. The summed E-state index contributed by atoms with van der Waals surface area (Å²) < 4.78 is 16.6. The summed E-state index contributed by atoms with van der Waals surface area (Å²) in [7, 11) is 0. The third-order valence-corrected chi connectivity index (χ3v) is 0. The van der Waals surface area contributed by atoms with Gasteiger partial charge in [-0.15, -0.1) is 0 Å². The Balaban J connectivity index is 0. The van der Waals surface area contributed by atoms with Crippen LogP contribution in [-0.4, -0.2) is 0 Å². The van der Waals surface area contributed by atoms with E-state index in [0.29, 0.717) is 76.0 Å². The molecule has 2 nitrogen and oxygen atoms in total. The molecule has 4 heteroatoms. The quantitative estimate of drug-likeness (QED) is 0.607. The summed E-state index contributed by atoms with van der Waals surface area (Å²) in [5.74, 6) is 0. The second-order valence-corrected chi connectivity index (χ2v) is 0. The third-order valence-electron chi connectivity index (χ3n) is 0. The fourth-order valence-corrected chi connectivity index (χ4v) is 0. The standard InChI is InChI=1S/2Gd.2O. The molecular weight excluding hydrogens is 346 g/mol. The van der Waals surface area contributed by atoms with Crippen LogP contribution in [0.3, 0.4) is 0 Å². The van der Waals surface area contributed by atoms with Crippen LogP contribution in [0.5, 0.6) is 0 Å². The van der Waals surface area contributed by atoms with Gasteiger partial charge in [0.15, 0.2) is 0 Å². The van der Waals surface area contributed by atoms with Gasteiger partial charge in [-0.2, -0.15) is 0 Å².